The van der Waals surface area contributed by atoms with E-state index in [9.17, 15) is 14.4 Å². The van der Waals surface area contributed by atoms with Crippen molar-refractivity contribution in [3.05, 3.63) is 79.4 Å². The highest BCUT2D eigenvalue weighted by molar-refractivity contribution is 5.91. The number of benzene rings is 2. The van der Waals surface area contributed by atoms with Crippen molar-refractivity contribution in [3.8, 4) is 17.0 Å². The van der Waals surface area contributed by atoms with Gasteiger partial charge in [-0.05, 0) is 49.8 Å². The van der Waals surface area contributed by atoms with Gasteiger partial charge < -0.3 is 24.4 Å². The molecule has 2 heterocycles. The summed E-state index contributed by atoms with van der Waals surface area (Å²) in [5, 5.41) is 3.55. The average molecular weight is 628 g/mol. The zero-order valence-corrected chi connectivity index (χ0v) is 26.9. The number of carbonyl (C=O) groups excluding carboxylic acids is 3. The number of hydrogen-bond acceptors (Lipinski definition) is 7. The number of allylic oxidation sites excluding steroid dienone is 1. The number of pyridine rings is 1. The number of fused-ring (bicyclic) bond motifs is 1. The fraction of sp³-hybridized carbons (Fsp3) is 0.405. The molecule has 0 radical (unpaired) electrons. The summed E-state index contributed by atoms with van der Waals surface area (Å²) in [6, 6.07) is 15.8. The van der Waals surface area contributed by atoms with Gasteiger partial charge in [0, 0.05) is 23.4 Å². The molecule has 46 heavy (non-hydrogen) atoms. The summed E-state index contributed by atoms with van der Waals surface area (Å²) in [4.78, 5) is 45.9. The molecule has 4 rings (SSSR count). The summed E-state index contributed by atoms with van der Waals surface area (Å²) in [7, 11) is 1.30. The summed E-state index contributed by atoms with van der Waals surface area (Å²) >= 11 is 0. The number of likely N-dealkylation sites (tertiary alicyclic amines) is 1. The van der Waals surface area contributed by atoms with Crippen LogP contribution in [0.5, 0.6) is 5.75 Å². The van der Waals surface area contributed by atoms with E-state index in [2.05, 4.69) is 18.5 Å². The monoisotopic (exact) mass is 627 g/mol. The van der Waals surface area contributed by atoms with Crippen LogP contribution in [0.25, 0.3) is 28.2 Å². The van der Waals surface area contributed by atoms with Crippen molar-refractivity contribution in [1.82, 2.24) is 15.2 Å². The predicted octanol–water partition coefficient (Wildman–Crippen LogP) is 7.10. The summed E-state index contributed by atoms with van der Waals surface area (Å²) in [5.41, 5.74) is 3.34. The number of carbonyl (C=O) groups is 3. The van der Waals surface area contributed by atoms with Crippen molar-refractivity contribution in [2.75, 3.05) is 20.3 Å². The van der Waals surface area contributed by atoms with Crippen molar-refractivity contribution in [1.29, 1.82) is 0 Å². The van der Waals surface area contributed by atoms with E-state index in [1.165, 1.54) is 12.0 Å². The molecule has 0 spiro atoms. The quantitative estimate of drug-likeness (QED) is 0.103. The topological polar surface area (TPSA) is 107 Å². The summed E-state index contributed by atoms with van der Waals surface area (Å²) in [5.74, 6) is -0.307. The minimum atomic E-state index is -0.861. The molecule has 1 aliphatic heterocycles. The Labute approximate surface area is 271 Å². The van der Waals surface area contributed by atoms with Crippen LogP contribution in [0.4, 0.5) is 4.79 Å². The van der Waals surface area contributed by atoms with E-state index in [1.54, 1.807) is 6.08 Å². The van der Waals surface area contributed by atoms with Gasteiger partial charge in [0.2, 0.25) is 5.91 Å². The minimum Gasteiger partial charge on any atom is -0.488 e. The lowest BCUT2D eigenvalue weighted by molar-refractivity contribution is -0.151. The van der Waals surface area contributed by atoms with Gasteiger partial charge in [-0.25, -0.2) is 14.6 Å². The van der Waals surface area contributed by atoms with Crippen molar-refractivity contribution in [2.24, 2.45) is 0 Å². The van der Waals surface area contributed by atoms with Crippen LogP contribution in [0.2, 0.25) is 0 Å². The van der Waals surface area contributed by atoms with Crippen molar-refractivity contribution in [2.45, 2.75) is 76.5 Å². The van der Waals surface area contributed by atoms with Crippen LogP contribution in [0.15, 0.2) is 73.8 Å². The lowest BCUT2D eigenvalue weighted by atomic mass is 10.1. The van der Waals surface area contributed by atoms with Gasteiger partial charge in [-0.3, -0.25) is 4.79 Å². The standard InChI is InChI=1S/C37H45N3O6/c1-5-8-10-11-15-21-45-37(43)39-31(18-9-6-2)35(41)40-25-28(23-33(40)36(42)44-4)46-34-24-32(27-16-13-12-14-17-27)38-30-20-19-26(7-3)22-29(30)34/h5,7,12-14,16-17,19-20,22,24,28,31,33H,1,3,6,8-11,15,18,21,23,25H2,2,4H3,(H,39,43)/t28-,31+,33+/m1/s1. The molecule has 1 N–H and O–H groups in total. The van der Waals surface area contributed by atoms with Gasteiger partial charge in [-0.1, -0.05) is 74.9 Å². The second-order valence-corrected chi connectivity index (χ2v) is 11.5. The number of rotatable bonds is 16. The predicted molar refractivity (Wildman–Crippen MR) is 180 cm³/mol. The third-order valence-corrected chi connectivity index (χ3v) is 8.13. The Morgan fingerprint density at radius 1 is 1.07 bits per heavy atom. The highest BCUT2D eigenvalue weighted by Crippen LogP contribution is 2.34. The highest BCUT2D eigenvalue weighted by atomic mass is 16.5. The fourth-order valence-corrected chi connectivity index (χ4v) is 5.64. The average Bonchev–Trinajstić information content (AvgIpc) is 3.51. The fourth-order valence-electron chi connectivity index (χ4n) is 5.64. The van der Waals surface area contributed by atoms with E-state index >= 15 is 0 Å². The van der Waals surface area contributed by atoms with Gasteiger partial charge in [0.25, 0.3) is 0 Å². The molecule has 0 aliphatic carbocycles. The van der Waals surface area contributed by atoms with E-state index in [0.717, 1.165) is 59.8 Å². The number of alkyl carbamates (subject to hydrolysis) is 1. The van der Waals surface area contributed by atoms with Gasteiger partial charge in [0.15, 0.2) is 0 Å². The number of unbranched alkanes of at least 4 members (excludes halogenated alkanes) is 4. The Hall–Kier alpha value is -4.66. The molecule has 3 aromatic rings. The molecule has 1 saturated heterocycles. The Kier molecular flexibility index (Phi) is 12.8. The molecule has 3 atom stereocenters. The van der Waals surface area contributed by atoms with Gasteiger partial charge in [0.1, 0.15) is 23.9 Å². The third-order valence-electron chi connectivity index (χ3n) is 8.13. The number of aromatic nitrogens is 1. The normalized spacial score (nSPS) is 16.4. The van der Waals surface area contributed by atoms with Crippen LogP contribution >= 0.6 is 0 Å². The number of ether oxygens (including phenoxy) is 3. The van der Waals surface area contributed by atoms with Crippen molar-refractivity contribution in [3.63, 3.8) is 0 Å². The molecule has 1 aromatic heterocycles. The Balaban J connectivity index is 1.55. The van der Waals surface area contributed by atoms with E-state index in [1.807, 2.05) is 67.6 Å². The van der Waals surface area contributed by atoms with Crippen LogP contribution in [-0.2, 0) is 19.1 Å². The molecule has 9 nitrogen and oxygen atoms in total. The van der Waals surface area contributed by atoms with E-state index in [0.29, 0.717) is 18.6 Å². The number of amides is 2. The van der Waals surface area contributed by atoms with Gasteiger partial charge in [0.05, 0.1) is 31.5 Å². The zero-order valence-electron chi connectivity index (χ0n) is 26.9. The van der Waals surface area contributed by atoms with Crippen LogP contribution in [-0.4, -0.2) is 66.3 Å². The van der Waals surface area contributed by atoms with E-state index in [-0.39, 0.29) is 25.5 Å². The molecule has 1 aliphatic rings. The molecule has 1 fully saturated rings. The van der Waals surface area contributed by atoms with Crippen LogP contribution in [0, 0.1) is 0 Å². The maximum absolute atomic E-state index is 14.0. The van der Waals surface area contributed by atoms with Gasteiger partial charge in [-0.2, -0.15) is 0 Å². The molecule has 2 amide bonds. The number of nitrogens with zero attached hydrogens (tertiary/aromatic N) is 2. The summed E-state index contributed by atoms with van der Waals surface area (Å²) < 4.78 is 17.1. The summed E-state index contributed by atoms with van der Waals surface area (Å²) in [6.45, 7) is 10.0. The Morgan fingerprint density at radius 3 is 2.59 bits per heavy atom. The molecule has 2 aromatic carbocycles. The number of esters is 1. The van der Waals surface area contributed by atoms with Gasteiger partial charge in [-0.15, -0.1) is 6.58 Å². The number of methoxy groups -OCH3 is 1. The SMILES string of the molecule is C=CCCCCCOC(=O)N[C@@H](CCCC)C(=O)N1C[C@H](Oc2cc(-c3ccccc3)nc3ccc(C=C)cc23)C[C@H]1C(=O)OC. The maximum atomic E-state index is 14.0. The lowest BCUT2D eigenvalue weighted by Gasteiger charge is -2.27. The second kappa shape index (κ2) is 17.1. The van der Waals surface area contributed by atoms with Crippen molar-refractivity contribution >= 4 is 34.9 Å². The number of hydrogen-bond donors (Lipinski definition) is 1. The smallest absolute Gasteiger partial charge is 0.407 e. The molecule has 0 unspecified atom stereocenters. The molecule has 244 valence electrons. The van der Waals surface area contributed by atoms with E-state index in [4.69, 9.17) is 19.2 Å². The van der Waals surface area contributed by atoms with Crippen LogP contribution in [0.3, 0.4) is 0 Å². The first-order chi connectivity index (χ1) is 22.4. The minimum absolute atomic E-state index is 0.146. The third kappa shape index (κ3) is 8.96. The molecular weight excluding hydrogens is 582 g/mol. The van der Waals surface area contributed by atoms with E-state index < -0.39 is 30.3 Å². The van der Waals surface area contributed by atoms with Crippen LogP contribution in [0.1, 0.15) is 63.9 Å². The Morgan fingerprint density at radius 2 is 1.87 bits per heavy atom. The summed E-state index contributed by atoms with van der Waals surface area (Å²) in [6.07, 6.45) is 8.23. The number of nitrogens with one attached hydrogen (secondary N) is 1. The van der Waals surface area contributed by atoms with Gasteiger partial charge >= 0.3 is 12.1 Å². The Bertz CT molecular complexity index is 1510. The van der Waals surface area contributed by atoms with Crippen molar-refractivity contribution < 1.29 is 28.6 Å². The van der Waals surface area contributed by atoms with Crippen LogP contribution < -0.4 is 10.1 Å². The first-order valence-electron chi connectivity index (χ1n) is 16.1. The molecule has 0 saturated carbocycles. The first-order valence-corrected chi connectivity index (χ1v) is 16.1. The molecule has 0 bridgehead atoms. The first kappa shape index (κ1) is 34.2. The second-order valence-electron chi connectivity index (χ2n) is 11.5. The molecular formula is C37H45N3O6. The maximum Gasteiger partial charge on any atom is 0.407 e. The highest BCUT2D eigenvalue weighted by Gasteiger charge is 2.44. The lowest BCUT2D eigenvalue weighted by Crippen LogP contribution is -2.52. The molecule has 9 heteroatoms. The zero-order chi connectivity index (χ0) is 32.9. The largest absolute Gasteiger partial charge is 0.488 e.